The minimum Gasteiger partial charge on any atom is -0.347 e. The van der Waals surface area contributed by atoms with Crippen LogP contribution >= 0.6 is 0 Å². The first-order valence-corrected chi connectivity index (χ1v) is 11.5. The molecule has 2 heterocycles. The average molecular weight is 428 g/mol. The van der Waals surface area contributed by atoms with Gasteiger partial charge in [-0.1, -0.05) is 45.9 Å². The summed E-state index contributed by atoms with van der Waals surface area (Å²) < 4.78 is 26.4. The number of hydrogen-bond donors (Lipinski definition) is 1. The fourth-order valence-corrected chi connectivity index (χ4v) is 5.23. The summed E-state index contributed by atoms with van der Waals surface area (Å²) in [6.07, 6.45) is 5.03. The standard InChI is InChI=1S/C22H29N5O2S/c1-6-27(7-2)30(28,29)17-12-13-21(23-16-17)25-24-15-14-20-22(3,4)18-10-8-9-11-19(18)26(20)5/h8-16H,6-7H2,1-5H3,(H,23,25)/b20-14+,24-15-. The van der Waals surface area contributed by atoms with Crippen LogP contribution < -0.4 is 10.3 Å². The summed E-state index contributed by atoms with van der Waals surface area (Å²) in [7, 11) is -1.46. The number of benzene rings is 1. The Morgan fingerprint density at radius 2 is 1.87 bits per heavy atom. The van der Waals surface area contributed by atoms with Crippen LogP contribution in [0.3, 0.4) is 0 Å². The van der Waals surface area contributed by atoms with Gasteiger partial charge in [0, 0.05) is 49.3 Å². The van der Waals surface area contributed by atoms with E-state index in [1.165, 1.54) is 21.8 Å². The van der Waals surface area contributed by atoms with Crippen molar-refractivity contribution in [1.82, 2.24) is 9.29 Å². The monoisotopic (exact) mass is 427 g/mol. The highest BCUT2D eigenvalue weighted by atomic mass is 32.2. The van der Waals surface area contributed by atoms with Crippen molar-refractivity contribution in [1.29, 1.82) is 0 Å². The number of allylic oxidation sites excluding steroid dienone is 2. The van der Waals surface area contributed by atoms with E-state index >= 15 is 0 Å². The van der Waals surface area contributed by atoms with Crippen molar-refractivity contribution in [2.45, 2.75) is 38.0 Å². The van der Waals surface area contributed by atoms with E-state index in [0.717, 1.165) is 5.70 Å². The van der Waals surface area contributed by atoms with Gasteiger partial charge in [-0.2, -0.15) is 9.41 Å². The maximum Gasteiger partial charge on any atom is 0.244 e. The summed E-state index contributed by atoms with van der Waals surface area (Å²) in [5, 5.41) is 4.23. The molecular formula is C22H29N5O2S. The minimum absolute atomic E-state index is 0.115. The topological polar surface area (TPSA) is 77.9 Å². The zero-order valence-electron chi connectivity index (χ0n) is 18.1. The van der Waals surface area contributed by atoms with Crippen molar-refractivity contribution in [3.63, 3.8) is 0 Å². The Hall–Kier alpha value is -2.71. The number of nitrogens with one attached hydrogen (secondary N) is 1. The smallest absolute Gasteiger partial charge is 0.244 e. The van der Waals surface area contributed by atoms with Gasteiger partial charge in [0.15, 0.2) is 0 Å². The van der Waals surface area contributed by atoms with E-state index in [1.54, 1.807) is 18.3 Å². The molecule has 0 bridgehead atoms. The molecule has 0 fully saturated rings. The number of pyridine rings is 1. The third-order valence-electron chi connectivity index (χ3n) is 5.51. The maximum absolute atomic E-state index is 12.5. The normalized spacial score (nSPS) is 17.1. The van der Waals surface area contributed by atoms with E-state index in [2.05, 4.69) is 59.5 Å². The molecule has 8 heteroatoms. The number of aromatic nitrogens is 1. The van der Waals surface area contributed by atoms with Crippen molar-refractivity contribution >= 4 is 27.7 Å². The van der Waals surface area contributed by atoms with Gasteiger partial charge in [0.2, 0.25) is 10.0 Å². The molecule has 7 nitrogen and oxygen atoms in total. The third kappa shape index (κ3) is 3.97. The summed E-state index contributed by atoms with van der Waals surface area (Å²) in [6.45, 7) is 8.86. The second-order valence-electron chi connectivity index (χ2n) is 7.61. The van der Waals surface area contributed by atoms with E-state index in [1.807, 2.05) is 26.0 Å². The van der Waals surface area contributed by atoms with Crippen LogP contribution in [0.2, 0.25) is 0 Å². The number of nitrogens with zero attached hydrogens (tertiary/aromatic N) is 4. The molecule has 1 aromatic carbocycles. The number of anilines is 2. The summed E-state index contributed by atoms with van der Waals surface area (Å²) >= 11 is 0. The quantitative estimate of drug-likeness (QED) is 0.537. The average Bonchev–Trinajstić information content (AvgIpc) is 2.92. The molecule has 0 radical (unpaired) electrons. The first kappa shape index (κ1) is 22.0. The molecule has 30 heavy (non-hydrogen) atoms. The third-order valence-corrected chi connectivity index (χ3v) is 7.54. The fourth-order valence-electron chi connectivity index (χ4n) is 3.82. The number of likely N-dealkylation sites (N-methyl/N-ethyl adjacent to an activating group) is 1. The van der Waals surface area contributed by atoms with Gasteiger partial charge in [-0.25, -0.2) is 13.4 Å². The Morgan fingerprint density at radius 1 is 1.17 bits per heavy atom. The highest BCUT2D eigenvalue weighted by Gasteiger charge is 2.37. The Kier molecular flexibility index (Phi) is 6.28. The molecule has 1 N–H and O–H groups in total. The Morgan fingerprint density at radius 3 is 2.47 bits per heavy atom. The van der Waals surface area contributed by atoms with Gasteiger partial charge in [0.25, 0.3) is 0 Å². The molecule has 0 amide bonds. The molecule has 3 rings (SSSR count). The summed E-state index contributed by atoms with van der Waals surface area (Å²) in [6, 6.07) is 11.5. The van der Waals surface area contributed by atoms with Crippen LogP contribution in [0.15, 0.2) is 64.4 Å². The van der Waals surface area contributed by atoms with Gasteiger partial charge in [-0.05, 0) is 29.8 Å². The number of fused-ring (bicyclic) bond motifs is 1. The fraction of sp³-hybridized carbons (Fsp3) is 0.364. The zero-order valence-corrected chi connectivity index (χ0v) is 18.9. The van der Waals surface area contributed by atoms with Gasteiger partial charge in [0.05, 0.1) is 0 Å². The largest absolute Gasteiger partial charge is 0.347 e. The Bertz CT molecular complexity index is 1060. The van der Waals surface area contributed by atoms with Gasteiger partial charge in [-0.3, -0.25) is 5.43 Å². The van der Waals surface area contributed by atoms with E-state index in [0.29, 0.717) is 18.9 Å². The Labute approximate surface area is 179 Å². The highest BCUT2D eigenvalue weighted by Crippen LogP contribution is 2.46. The summed E-state index contributed by atoms with van der Waals surface area (Å²) in [4.78, 5) is 6.53. The van der Waals surface area contributed by atoms with E-state index in [9.17, 15) is 8.42 Å². The lowest BCUT2D eigenvalue weighted by Crippen LogP contribution is -2.30. The number of hydrogen-bond acceptors (Lipinski definition) is 6. The molecule has 0 atom stereocenters. The molecule has 0 aliphatic carbocycles. The molecular weight excluding hydrogens is 398 g/mol. The first-order valence-electron chi connectivity index (χ1n) is 10.0. The number of para-hydroxylation sites is 1. The van der Waals surface area contributed by atoms with E-state index in [4.69, 9.17) is 0 Å². The number of hydrazone groups is 1. The second kappa shape index (κ2) is 8.57. The lowest BCUT2D eigenvalue weighted by Gasteiger charge is -2.23. The molecule has 2 aromatic rings. The van der Waals surface area contributed by atoms with Crippen molar-refractivity contribution in [2.24, 2.45) is 5.10 Å². The van der Waals surface area contributed by atoms with E-state index in [-0.39, 0.29) is 10.3 Å². The van der Waals surface area contributed by atoms with Gasteiger partial charge < -0.3 is 4.90 Å². The van der Waals surface area contributed by atoms with Crippen LogP contribution in [0.1, 0.15) is 33.3 Å². The van der Waals surface area contributed by atoms with Crippen molar-refractivity contribution < 1.29 is 8.42 Å². The number of sulfonamides is 1. The van der Waals surface area contributed by atoms with Crippen molar-refractivity contribution in [3.8, 4) is 0 Å². The molecule has 1 aromatic heterocycles. The lowest BCUT2D eigenvalue weighted by atomic mass is 9.84. The number of rotatable bonds is 7. The predicted molar refractivity (Wildman–Crippen MR) is 122 cm³/mol. The Balaban J connectivity index is 1.71. The van der Waals surface area contributed by atoms with Gasteiger partial charge >= 0.3 is 0 Å². The molecule has 160 valence electrons. The van der Waals surface area contributed by atoms with E-state index < -0.39 is 10.0 Å². The summed E-state index contributed by atoms with van der Waals surface area (Å²) in [5.41, 5.74) is 6.36. The van der Waals surface area contributed by atoms with Crippen LogP contribution in [0.4, 0.5) is 11.5 Å². The zero-order chi connectivity index (χ0) is 21.9. The van der Waals surface area contributed by atoms with Crippen LogP contribution in [0.25, 0.3) is 0 Å². The maximum atomic E-state index is 12.5. The second-order valence-corrected chi connectivity index (χ2v) is 9.55. The SMILES string of the molecule is CCN(CC)S(=O)(=O)c1ccc(N/N=C\C=C2\N(C)c3ccccc3C2(C)C)nc1. The predicted octanol–water partition coefficient (Wildman–Crippen LogP) is 3.82. The lowest BCUT2D eigenvalue weighted by molar-refractivity contribution is 0.445. The highest BCUT2D eigenvalue weighted by molar-refractivity contribution is 7.89. The molecule has 1 aliphatic heterocycles. The molecule has 0 saturated heterocycles. The van der Waals surface area contributed by atoms with Crippen LogP contribution in [-0.2, 0) is 15.4 Å². The van der Waals surface area contributed by atoms with Crippen molar-refractivity contribution in [2.75, 3.05) is 30.5 Å². The summed E-state index contributed by atoms with van der Waals surface area (Å²) in [5.74, 6) is 0.477. The molecule has 0 spiro atoms. The van der Waals surface area contributed by atoms with Gasteiger partial charge in [0.1, 0.15) is 10.7 Å². The molecule has 0 unspecified atom stereocenters. The van der Waals surface area contributed by atoms with Crippen molar-refractivity contribution in [3.05, 3.63) is 59.9 Å². The van der Waals surface area contributed by atoms with Crippen LogP contribution in [-0.4, -0.2) is 44.1 Å². The van der Waals surface area contributed by atoms with Gasteiger partial charge in [-0.15, -0.1) is 0 Å². The first-order chi connectivity index (χ1) is 14.2. The molecule has 0 saturated carbocycles. The van der Waals surface area contributed by atoms with Crippen LogP contribution in [0.5, 0.6) is 0 Å². The minimum atomic E-state index is -3.51. The van der Waals surface area contributed by atoms with Crippen LogP contribution in [0, 0.1) is 0 Å². The molecule has 1 aliphatic rings.